The van der Waals surface area contributed by atoms with Crippen molar-refractivity contribution in [2.45, 2.75) is 12.8 Å². The SMILES string of the molecule is COc1cccc2c1CCN(c1cnc(C(=O)O)cn1)CC2. The Kier molecular flexibility index (Phi) is 3.91. The molecule has 1 N–H and O–H groups in total. The maximum Gasteiger partial charge on any atom is 0.356 e. The minimum absolute atomic E-state index is 0.0384. The van der Waals surface area contributed by atoms with Gasteiger partial charge in [0.15, 0.2) is 5.69 Å². The number of methoxy groups -OCH3 is 1. The Labute approximate surface area is 128 Å². The lowest BCUT2D eigenvalue weighted by Gasteiger charge is -2.20. The molecule has 3 rings (SSSR count). The number of carboxylic acid groups (broad SMARTS) is 1. The van der Waals surface area contributed by atoms with Crippen LogP contribution in [0, 0.1) is 0 Å². The van der Waals surface area contributed by atoms with Crippen LogP contribution in [0.4, 0.5) is 5.82 Å². The van der Waals surface area contributed by atoms with E-state index in [1.165, 1.54) is 23.5 Å². The first-order valence-corrected chi connectivity index (χ1v) is 7.14. The summed E-state index contributed by atoms with van der Waals surface area (Å²) >= 11 is 0. The summed E-state index contributed by atoms with van der Waals surface area (Å²) in [5.74, 6) is 0.565. The molecule has 22 heavy (non-hydrogen) atoms. The molecule has 0 saturated heterocycles. The Hall–Kier alpha value is -2.63. The van der Waals surface area contributed by atoms with Gasteiger partial charge in [-0.3, -0.25) is 0 Å². The monoisotopic (exact) mass is 299 g/mol. The van der Waals surface area contributed by atoms with Gasteiger partial charge in [-0.2, -0.15) is 0 Å². The third-order valence-corrected chi connectivity index (χ3v) is 3.91. The lowest BCUT2D eigenvalue weighted by molar-refractivity contribution is 0.0690. The van der Waals surface area contributed by atoms with E-state index in [2.05, 4.69) is 20.9 Å². The first kappa shape index (κ1) is 14.3. The van der Waals surface area contributed by atoms with E-state index in [9.17, 15) is 4.79 Å². The Bertz CT molecular complexity index is 686. The molecule has 6 nitrogen and oxygen atoms in total. The van der Waals surface area contributed by atoms with Crippen molar-refractivity contribution in [3.05, 3.63) is 47.4 Å². The van der Waals surface area contributed by atoms with Crippen molar-refractivity contribution >= 4 is 11.8 Å². The number of benzene rings is 1. The van der Waals surface area contributed by atoms with Crippen molar-refractivity contribution in [3.8, 4) is 5.75 Å². The van der Waals surface area contributed by atoms with E-state index < -0.39 is 5.97 Å². The number of rotatable bonds is 3. The topological polar surface area (TPSA) is 75.5 Å². The van der Waals surface area contributed by atoms with Gasteiger partial charge in [0.2, 0.25) is 0 Å². The highest BCUT2D eigenvalue weighted by atomic mass is 16.5. The third-order valence-electron chi connectivity index (χ3n) is 3.91. The minimum atomic E-state index is -1.06. The summed E-state index contributed by atoms with van der Waals surface area (Å²) in [5.41, 5.74) is 2.49. The van der Waals surface area contributed by atoms with Crippen LogP contribution in [-0.2, 0) is 12.8 Å². The van der Waals surface area contributed by atoms with Gasteiger partial charge in [-0.25, -0.2) is 14.8 Å². The van der Waals surface area contributed by atoms with E-state index in [1.807, 2.05) is 12.1 Å². The number of carbonyl (C=O) groups is 1. The summed E-state index contributed by atoms with van der Waals surface area (Å²) in [7, 11) is 1.69. The molecule has 1 aromatic heterocycles. The molecule has 0 fully saturated rings. The Morgan fingerprint density at radius 3 is 2.73 bits per heavy atom. The van der Waals surface area contributed by atoms with Crippen LogP contribution >= 0.6 is 0 Å². The highest BCUT2D eigenvalue weighted by Gasteiger charge is 2.18. The molecule has 1 aliphatic rings. The molecule has 114 valence electrons. The Morgan fingerprint density at radius 1 is 1.23 bits per heavy atom. The second-order valence-corrected chi connectivity index (χ2v) is 5.15. The second kappa shape index (κ2) is 6.01. The summed E-state index contributed by atoms with van der Waals surface area (Å²) in [6.45, 7) is 1.62. The molecule has 1 aromatic carbocycles. The fourth-order valence-electron chi connectivity index (χ4n) is 2.76. The lowest BCUT2D eigenvalue weighted by Crippen LogP contribution is -2.27. The molecule has 0 unspecified atom stereocenters. The smallest absolute Gasteiger partial charge is 0.356 e. The molecule has 0 aliphatic carbocycles. The summed E-state index contributed by atoms with van der Waals surface area (Å²) in [6.07, 6.45) is 4.59. The van der Waals surface area contributed by atoms with Crippen molar-refractivity contribution in [3.63, 3.8) is 0 Å². The number of ether oxygens (including phenoxy) is 1. The molecule has 2 aromatic rings. The largest absolute Gasteiger partial charge is 0.496 e. The van der Waals surface area contributed by atoms with Crippen LogP contribution in [0.1, 0.15) is 21.6 Å². The van der Waals surface area contributed by atoms with Crippen LogP contribution in [0.3, 0.4) is 0 Å². The molecular formula is C16H17N3O3. The molecule has 0 radical (unpaired) electrons. The van der Waals surface area contributed by atoms with E-state index in [4.69, 9.17) is 9.84 Å². The van der Waals surface area contributed by atoms with Crippen molar-refractivity contribution < 1.29 is 14.6 Å². The van der Waals surface area contributed by atoms with Gasteiger partial charge >= 0.3 is 5.97 Å². The summed E-state index contributed by atoms with van der Waals surface area (Å²) in [4.78, 5) is 21.1. The highest BCUT2D eigenvalue weighted by molar-refractivity contribution is 5.84. The summed E-state index contributed by atoms with van der Waals surface area (Å²) < 4.78 is 5.44. The molecule has 2 heterocycles. The number of fused-ring (bicyclic) bond motifs is 1. The maximum atomic E-state index is 10.8. The molecule has 6 heteroatoms. The third kappa shape index (κ3) is 2.72. The van der Waals surface area contributed by atoms with Gasteiger partial charge in [-0.05, 0) is 30.0 Å². The van der Waals surface area contributed by atoms with Gasteiger partial charge < -0.3 is 14.7 Å². The predicted octanol–water partition coefficient (Wildman–Crippen LogP) is 1.79. The van der Waals surface area contributed by atoms with E-state index in [0.29, 0.717) is 5.82 Å². The Morgan fingerprint density at radius 2 is 2.05 bits per heavy atom. The zero-order valence-electron chi connectivity index (χ0n) is 12.3. The molecule has 0 amide bonds. The summed E-state index contributed by atoms with van der Waals surface area (Å²) in [6, 6.07) is 6.12. The summed E-state index contributed by atoms with van der Waals surface area (Å²) in [5, 5.41) is 8.88. The number of nitrogens with zero attached hydrogens (tertiary/aromatic N) is 3. The van der Waals surface area contributed by atoms with Crippen molar-refractivity contribution in [1.82, 2.24) is 9.97 Å². The van der Waals surface area contributed by atoms with Crippen LogP contribution in [0.25, 0.3) is 0 Å². The molecule has 0 bridgehead atoms. The number of aromatic carboxylic acids is 1. The zero-order valence-corrected chi connectivity index (χ0v) is 12.3. The van der Waals surface area contributed by atoms with E-state index in [-0.39, 0.29) is 5.69 Å². The van der Waals surface area contributed by atoms with Crippen LogP contribution in [-0.4, -0.2) is 41.2 Å². The van der Waals surface area contributed by atoms with Gasteiger partial charge in [0.05, 0.1) is 19.5 Å². The number of carboxylic acids is 1. The van der Waals surface area contributed by atoms with Crippen LogP contribution in [0.2, 0.25) is 0 Å². The fraction of sp³-hybridized carbons (Fsp3) is 0.312. The van der Waals surface area contributed by atoms with Gasteiger partial charge in [0.1, 0.15) is 11.6 Å². The van der Waals surface area contributed by atoms with Crippen LogP contribution < -0.4 is 9.64 Å². The maximum absolute atomic E-state index is 10.8. The average Bonchev–Trinajstić information content (AvgIpc) is 2.77. The van der Waals surface area contributed by atoms with Gasteiger partial charge in [-0.15, -0.1) is 0 Å². The highest BCUT2D eigenvalue weighted by Crippen LogP contribution is 2.26. The van der Waals surface area contributed by atoms with Crippen LogP contribution in [0.5, 0.6) is 5.75 Å². The van der Waals surface area contributed by atoms with E-state index in [1.54, 1.807) is 7.11 Å². The molecule has 0 saturated carbocycles. The van der Waals surface area contributed by atoms with E-state index >= 15 is 0 Å². The molecule has 0 spiro atoms. The average molecular weight is 299 g/mol. The fourth-order valence-corrected chi connectivity index (χ4v) is 2.76. The van der Waals surface area contributed by atoms with Crippen molar-refractivity contribution in [1.29, 1.82) is 0 Å². The lowest BCUT2D eigenvalue weighted by atomic mass is 10.0. The standard InChI is InChI=1S/C16H17N3O3/c1-22-14-4-2-3-11-5-7-19(8-6-12(11)14)15-10-17-13(9-18-15)16(20)21/h2-4,9-10H,5-8H2,1H3,(H,20,21). The molecular weight excluding hydrogens is 282 g/mol. The van der Waals surface area contributed by atoms with Gasteiger partial charge in [0.25, 0.3) is 0 Å². The minimum Gasteiger partial charge on any atom is -0.496 e. The zero-order chi connectivity index (χ0) is 15.5. The van der Waals surface area contributed by atoms with Gasteiger partial charge in [0, 0.05) is 13.1 Å². The first-order chi connectivity index (χ1) is 10.7. The van der Waals surface area contributed by atoms with Crippen LogP contribution in [0.15, 0.2) is 30.6 Å². The first-order valence-electron chi connectivity index (χ1n) is 7.14. The van der Waals surface area contributed by atoms with Crippen molar-refractivity contribution in [2.24, 2.45) is 0 Å². The number of hydrogen-bond acceptors (Lipinski definition) is 5. The number of aromatic nitrogens is 2. The second-order valence-electron chi connectivity index (χ2n) is 5.15. The molecule has 0 atom stereocenters. The number of hydrogen-bond donors (Lipinski definition) is 1. The van der Waals surface area contributed by atoms with Crippen molar-refractivity contribution in [2.75, 3.05) is 25.1 Å². The number of anilines is 1. The van der Waals surface area contributed by atoms with E-state index in [0.717, 1.165) is 31.7 Å². The normalized spacial score (nSPS) is 14.1. The Balaban J connectivity index is 1.80. The quantitative estimate of drug-likeness (QED) is 0.931. The van der Waals surface area contributed by atoms with Gasteiger partial charge in [-0.1, -0.05) is 12.1 Å². The predicted molar refractivity (Wildman–Crippen MR) is 81.6 cm³/mol. The molecule has 1 aliphatic heterocycles.